The highest BCUT2D eigenvalue weighted by Crippen LogP contribution is 2.24. The number of carbonyl (C=O) groups excluding carboxylic acids is 1. The van der Waals surface area contributed by atoms with E-state index in [0.717, 1.165) is 43.7 Å². The van der Waals surface area contributed by atoms with Crippen LogP contribution >= 0.6 is 0 Å². The Morgan fingerprint density at radius 3 is 2.45 bits per heavy atom. The predicted octanol–water partition coefficient (Wildman–Crippen LogP) is 5.09. The molecule has 0 spiro atoms. The van der Waals surface area contributed by atoms with E-state index >= 15 is 0 Å². The Hall–Kier alpha value is -2.82. The Morgan fingerprint density at radius 1 is 1.10 bits per heavy atom. The molecule has 2 aromatic carbocycles. The van der Waals surface area contributed by atoms with E-state index in [1.807, 2.05) is 23.4 Å². The minimum Gasteiger partial charge on any atom is -0.484 e. The van der Waals surface area contributed by atoms with Crippen molar-refractivity contribution in [3.05, 3.63) is 59.4 Å². The van der Waals surface area contributed by atoms with Crippen molar-refractivity contribution >= 4 is 16.9 Å². The standard InChI is InChI=1S/C26H33N3O2/c1-18(2)22-5-7-23(8-6-22)31-16-26(30)28-11-9-21(10-12-28)15-29-17-27-24-13-19(3)20(4)14-25(24)29/h5-8,13-14,17-18,21H,9-12,15-16H2,1-4H3. The van der Waals surface area contributed by atoms with Crippen LogP contribution in [0.5, 0.6) is 5.75 Å². The van der Waals surface area contributed by atoms with Crippen LogP contribution < -0.4 is 4.74 Å². The second-order valence-electron chi connectivity index (χ2n) is 9.16. The first-order valence-electron chi connectivity index (χ1n) is 11.3. The molecule has 1 fully saturated rings. The SMILES string of the molecule is Cc1cc2ncn(CC3CCN(C(=O)COc4ccc(C(C)C)cc4)CC3)c2cc1C. The number of nitrogens with zero attached hydrogens (tertiary/aromatic N) is 3. The number of benzene rings is 2. The molecule has 1 aromatic heterocycles. The average molecular weight is 420 g/mol. The Labute approximate surface area is 185 Å². The number of imidazole rings is 1. The van der Waals surface area contributed by atoms with Gasteiger partial charge in [0.1, 0.15) is 5.75 Å². The highest BCUT2D eigenvalue weighted by atomic mass is 16.5. The molecule has 5 heteroatoms. The molecule has 3 aromatic rings. The summed E-state index contributed by atoms with van der Waals surface area (Å²) in [5.74, 6) is 1.88. The number of rotatable bonds is 6. The third kappa shape index (κ3) is 4.92. The summed E-state index contributed by atoms with van der Waals surface area (Å²) in [6.07, 6.45) is 3.98. The van der Waals surface area contributed by atoms with Crippen molar-refractivity contribution in [3.8, 4) is 5.75 Å². The predicted molar refractivity (Wildman–Crippen MR) is 125 cm³/mol. The first-order valence-corrected chi connectivity index (χ1v) is 11.3. The van der Waals surface area contributed by atoms with E-state index in [1.54, 1.807) is 0 Å². The lowest BCUT2D eigenvalue weighted by Crippen LogP contribution is -2.41. The lowest BCUT2D eigenvalue weighted by Gasteiger charge is -2.32. The normalized spacial score (nSPS) is 15.1. The molecule has 1 aliphatic rings. The fourth-order valence-corrected chi connectivity index (χ4v) is 4.29. The summed E-state index contributed by atoms with van der Waals surface area (Å²) >= 11 is 0. The third-order valence-electron chi connectivity index (χ3n) is 6.57. The van der Waals surface area contributed by atoms with Crippen molar-refractivity contribution in [1.29, 1.82) is 0 Å². The van der Waals surface area contributed by atoms with Gasteiger partial charge in [0.25, 0.3) is 5.91 Å². The van der Waals surface area contributed by atoms with Crippen LogP contribution in [0.3, 0.4) is 0 Å². The largest absolute Gasteiger partial charge is 0.484 e. The topological polar surface area (TPSA) is 47.4 Å². The van der Waals surface area contributed by atoms with Crippen molar-refractivity contribution < 1.29 is 9.53 Å². The number of amides is 1. The quantitative estimate of drug-likeness (QED) is 0.559. The van der Waals surface area contributed by atoms with Crippen LogP contribution in [0.2, 0.25) is 0 Å². The molecule has 5 nitrogen and oxygen atoms in total. The van der Waals surface area contributed by atoms with E-state index in [4.69, 9.17) is 4.74 Å². The summed E-state index contributed by atoms with van der Waals surface area (Å²) in [4.78, 5) is 19.1. The average Bonchev–Trinajstić information content (AvgIpc) is 3.14. The van der Waals surface area contributed by atoms with Crippen molar-refractivity contribution in [2.75, 3.05) is 19.7 Å². The van der Waals surface area contributed by atoms with E-state index in [1.165, 1.54) is 22.2 Å². The van der Waals surface area contributed by atoms with Gasteiger partial charge < -0.3 is 14.2 Å². The second kappa shape index (κ2) is 9.13. The van der Waals surface area contributed by atoms with Gasteiger partial charge in [0.05, 0.1) is 17.4 Å². The number of piperidine rings is 1. The first kappa shape index (κ1) is 21.4. The number of hydrogen-bond acceptors (Lipinski definition) is 3. The molecule has 4 rings (SSSR count). The minimum atomic E-state index is 0.0746. The number of carbonyl (C=O) groups is 1. The molecule has 0 saturated carbocycles. The van der Waals surface area contributed by atoms with E-state index in [2.05, 4.69) is 61.5 Å². The molecule has 0 aliphatic carbocycles. The van der Waals surface area contributed by atoms with Crippen LogP contribution in [0.15, 0.2) is 42.7 Å². The number of aromatic nitrogens is 2. The van der Waals surface area contributed by atoms with Gasteiger partial charge in [-0.1, -0.05) is 26.0 Å². The molecule has 164 valence electrons. The molecule has 1 saturated heterocycles. The number of aryl methyl sites for hydroxylation is 2. The summed E-state index contributed by atoms with van der Waals surface area (Å²) in [7, 11) is 0. The summed E-state index contributed by atoms with van der Waals surface area (Å²) in [5, 5.41) is 0. The Kier molecular flexibility index (Phi) is 6.30. The molecule has 1 amide bonds. The van der Waals surface area contributed by atoms with Gasteiger partial charge in [0.15, 0.2) is 6.61 Å². The van der Waals surface area contributed by atoms with E-state index in [9.17, 15) is 4.79 Å². The zero-order valence-electron chi connectivity index (χ0n) is 19.1. The number of ether oxygens (including phenoxy) is 1. The lowest BCUT2D eigenvalue weighted by atomic mass is 9.96. The van der Waals surface area contributed by atoms with E-state index in [-0.39, 0.29) is 12.5 Å². The second-order valence-corrected chi connectivity index (χ2v) is 9.16. The minimum absolute atomic E-state index is 0.0746. The summed E-state index contributed by atoms with van der Waals surface area (Å²) in [6, 6.07) is 12.4. The smallest absolute Gasteiger partial charge is 0.260 e. The molecular weight excluding hydrogens is 386 g/mol. The monoisotopic (exact) mass is 419 g/mol. The fraction of sp³-hybridized carbons (Fsp3) is 0.462. The maximum Gasteiger partial charge on any atom is 0.260 e. The number of hydrogen-bond donors (Lipinski definition) is 0. The Bertz CT molecular complexity index is 1040. The van der Waals surface area contributed by atoms with Crippen molar-refractivity contribution in [2.45, 2.75) is 53.0 Å². The van der Waals surface area contributed by atoms with Crippen LogP contribution in [-0.2, 0) is 11.3 Å². The van der Waals surface area contributed by atoms with Crippen LogP contribution in [0.1, 0.15) is 49.3 Å². The van der Waals surface area contributed by atoms with Crippen molar-refractivity contribution in [1.82, 2.24) is 14.5 Å². The lowest BCUT2D eigenvalue weighted by molar-refractivity contribution is -0.134. The first-order chi connectivity index (χ1) is 14.9. The third-order valence-corrected chi connectivity index (χ3v) is 6.57. The number of likely N-dealkylation sites (tertiary alicyclic amines) is 1. The molecule has 0 bridgehead atoms. The highest BCUT2D eigenvalue weighted by molar-refractivity contribution is 5.78. The van der Waals surface area contributed by atoms with Gasteiger partial charge in [-0.05, 0) is 79.5 Å². The summed E-state index contributed by atoms with van der Waals surface area (Å²) in [6.45, 7) is 11.3. The van der Waals surface area contributed by atoms with E-state index < -0.39 is 0 Å². The molecule has 0 N–H and O–H groups in total. The van der Waals surface area contributed by atoms with Crippen LogP contribution in [0, 0.1) is 19.8 Å². The van der Waals surface area contributed by atoms with Crippen LogP contribution in [0.25, 0.3) is 11.0 Å². The van der Waals surface area contributed by atoms with Gasteiger partial charge >= 0.3 is 0 Å². The maximum atomic E-state index is 12.6. The Morgan fingerprint density at radius 2 is 1.77 bits per heavy atom. The molecule has 0 atom stereocenters. The van der Waals surface area contributed by atoms with Gasteiger partial charge in [-0.15, -0.1) is 0 Å². The molecule has 0 radical (unpaired) electrons. The highest BCUT2D eigenvalue weighted by Gasteiger charge is 2.24. The molecule has 31 heavy (non-hydrogen) atoms. The van der Waals surface area contributed by atoms with Gasteiger partial charge in [0.2, 0.25) is 0 Å². The molecule has 0 unspecified atom stereocenters. The van der Waals surface area contributed by atoms with Gasteiger partial charge in [-0.2, -0.15) is 0 Å². The fourth-order valence-electron chi connectivity index (χ4n) is 4.29. The van der Waals surface area contributed by atoms with Gasteiger partial charge in [0, 0.05) is 19.6 Å². The van der Waals surface area contributed by atoms with Gasteiger partial charge in [-0.25, -0.2) is 4.98 Å². The van der Waals surface area contributed by atoms with Crippen molar-refractivity contribution in [3.63, 3.8) is 0 Å². The van der Waals surface area contributed by atoms with Crippen LogP contribution in [-0.4, -0.2) is 40.1 Å². The van der Waals surface area contributed by atoms with Crippen molar-refractivity contribution in [2.24, 2.45) is 5.92 Å². The summed E-state index contributed by atoms with van der Waals surface area (Å²) < 4.78 is 8.00. The Balaban J connectivity index is 1.27. The van der Waals surface area contributed by atoms with Crippen LogP contribution in [0.4, 0.5) is 0 Å². The molecular formula is C26H33N3O2. The zero-order valence-corrected chi connectivity index (χ0v) is 19.1. The van der Waals surface area contributed by atoms with Gasteiger partial charge in [-0.3, -0.25) is 4.79 Å². The summed E-state index contributed by atoms with van der Waals surface area (Å²) in [5.41, 5.74) is 6.13. The zero-order chi connectivity index (χ0) is 22.0. The van der Waals surface area contributed by atoms with E-state index in [0.29, 0.717) is 11.8 Å². The molecule has 1 aliphatic heterocycles. The maximum absolute atomic E-state index is 12.6. The number of fused-ring (bicyclic) bond motifs is 1. The molecule has 2 heterocycles.